The number of piperidine rings is 2. The third kappa shape index (κ3) is 4.33. The van der Waals surface area contributed by atoms with E-state index in [1.165, 1.54) is 50.6 Å². The van der Waals surface area contributed by atoms with Gasteiger partial charge in [0.15, 0.2) is 0 Å². The maximum absolute atomic E-state index is 12.4. The SMILES string of the molecule is Cn1nc(C2CCC(=O)NC2=O)c2ccc(C3CCN(C[C@H]4CC[C@H](N)CC4)CC3)cc21. The third-order valence-corrected chi connectivity index (χ3v) is 7.94. The molecule has 3 aliphatic rings. The number of rotatable bonds is 4. The molecule has 0 radical (unpaired) electrons. The lowest BCUT2D eigenvalue weighted by molar-refractivity contribution is -0.134. The zero-order valence-electron chi connectivity index (χ0n) is 19.1. The van der Waals surface area contributed by atoms with E-state index in [2.05, 4.69) is 33.5 Å². The van der Waals surface area contributed by atoms with Gasteiger partial charge in [-0.1, -0.05) is 12.1 Å². The summed E-state index contributed by atoms with van der Waals surface area (Å²) in [5.41, 5.74) is 9.30. The Bertz CT molecular complexity index is 999. The normalized spacial score (nSPS) is 28.2. The first-order chi connectivity index (χ1) is 15.5. The molecule has 32 heavy (non-hydrogen) atoms. The first-order valence-corrected chi connectivity index (χ1v) is 12.3. The zero-order chi connectivity index (χ0) is 22.2. The molecule has 0 bridgehead atoms. The van der Waals surface area contributed by atoms with E-state index in [1.54, 1.807) is 0 Å². The van der Waals surface area contributed by atoms with Gasteiger partial charge in [0.1, 0.15) is 0 Å². The number of imide groups is 1. The monoisotopic (exact) mass is 437 g/mol. The summed E-state index contributed by atoms with van der Waals surface area (Å²) < 4.78 is 1.89. The zero-order valence-corrected chi connectivity index (χ0v) is 19.1. The quantitative estimate of drug-likeness (QED) is 0.718. The first kappa shape index (κ1) is 21.6. The lowest BCUT2D eigenvalue weighted by atomic mass is 9.84. The van der Waals surface area contributed by atoms with Crippen LogP contribution in [0.15, 0.2) is 18.2 Å². The topological polar surface area (TPSA) is 93.2 Å². The third-order valence-electron chi connectivity index (χ3n) is 7.94. The lowest BCUT2D eigenvalue weighted by Crippen LogP contribution is -2.39. The summed E-state index contributed by atoms with van der Waals surface area (Å²) in [5, 5.41) is 8.17. The van der Waals surface area contributed by atoms with E-state index in [9.17, 15) is 9.59 Å². The minimum atomic E-state index is -0.347. The van der Waals surface area contributed by atoms with Gasteiger partial charge in [-0.15, -0.1) is 0 Å². The Kier molecular flexibility index (Phi) is 6.03. The minimum absolute atomic E-state index is 0.188. The molecule has 1 saturated carbocycles. The molecule has 2 saturated heterocycles. The molecule has 172 valence electrons. The number of nitrogens with one attached hydrogen (secondary N) is 1. The lowest BCUT2D eigenvalue weighted by Gasteiger charge is -2.36. The van der Waals surface area contributed by atoms with Crippen molar-refractivity contribution in [1.82, 2.24) is 20.0 Å². The molecule has 1 aliphatic carbocycles. The average Bonchev–Trinajstić information content (AvgIpc) is 3.11. The van der Waals surface area contributed by atoms with Crippen LogP contribution in [0.2, 0.25) is 0 Å². The van der Waals surface area contributed by atoms with Gasteiger partial charge in [0, 0.05) is 31.4 Å². The Hall–Kier alpha value is -2.25. The summed E-state index contributed by atoms with van der Waals surface area (Å²) in [6.07, 6.45) is 8.23. The number of likely N-dealkylation sites (tertiary alicyclic amines) is 1. The number of hydrogen-bond acceptors (Lipinski definition) is 5. The largest absolute Gasteiger partial charge is 0.328 e. The van der Waals surface area contributed by atoms with Gasteiger partial charge in [-0.2, -0.15) is 5.10 Å². The van der Waals surface area contributed by atoms with Crippen molar-refractivity contribution in [3.8, 4) is 0 Å². The van der Waals surface area contributed by atoms with Crippen LogP contribution in [-0.4, -0.2) is 52.2 Å². The van der Waals surface area contributed by atoms with Gasteiger partial charge in [-0.3, -0.25) is 19.6 Å². The highest BCUT2D eigenvalue weighted by atomic mass is 16.2. The Balaban J connectivity index is 1.25. The fourth-order valence-corrected chi connectivity index (χ4v) is 5.95. The number of benzene rings is 1. The van der Waals surface area contributed by atoms with Crippen molar-refractivity contribution in [2.45, 2.75) is 69.2 Å². The maximum atomic E-state index is 12.4. The molecule has 5 rings (SSSR count). The van der Waals surface area contributed by atoms with Crippen molar-refractivity contribution >= 4 is 22.7 Å². The van der Waals surface area contributed by atoms with E-state index in [0.29, 0.717) is 24.8 Å². The van der Waals surface area contributed by atoms with Gasteiger partial charge in [-0.05, 0) is 81.5 Å². The maximum Gasteiger partial charge on any atom is 0.235 e. The molecular formula is C25H35N5O2. The predicted octanol–water partition coefficient (Wildman–Crippen LogP) is 2.79. The average molecular weight is 438 g/mol. The van der Waals surface area contributed by atoms with Gasteiger partial charge in [-0.25, -0.2) is 0 Å². The van der Waals surface area contributed by atoms with Crippen molar-refractivity contribution in [2.24, 2.45) is 18.7 Å². The van der Waals surface area contributed by atoms with Crippen LogP contribution in [0.25, 0.3) is 10.9 Å². The second kappa shape index (κ2) is 8.94. The fraction of sp³-hybridized carbons (Fsp3) is 0.640. The molecular weight excluding hydrogens is 402 g/mol. The Morgan fingerprint density at radius 1 is 1.06 bits per heavy atom. The number of aromatic nitrogens is 2. The molecule has 7 nitrogen and oxygen atoms in total. The van der Waals surface area contributed by atoms with Crippen molar-refractivity contribution in [1.29, 1.82) is 0 Å². The fourth-order valence-electron chi connectivity index (χ4n) is 5.95. The van der Waals surface area contributed by atoms with Crippen LogP contribution in [-0.2, 0) is 16.6 Å². The summed E-state index contributed by atoms with van der Waals surface area (Å²) in [7, 11) is 1.94. The molecule has 1 aromatic carbocycles. The summed E-state index contributed by atoms with van der Waals surface area (Å²) in [4.78, 5) is 26.5. The molecule has 0 spiro atoms. The molecule has 3 fully saturated rings. The van der Waals surface area contributed by atoms with Crippen molar-refractivity contribution in [2.75, 3.05) is 19.6 Å². The Morgan fingerprint density at radius 3 is 2.53 bits per heavy atom. The highest BCUT2D eigenvalue weighted by Gasteiger charge is 2.32. The van der Waals surface area contributed by atoms with Crippen LogP contribution < -0.4 is 11.1 Å². The second-order valence-electron chi connectivity index (χ2n) is 10.1. The van der Waals surface area contributed by atoms with Crippen LogP contribution in [0.5, 0.6) is 0 Å². The summed E-state index contributed by atoms with van der Waals surface area (Å²) >= 11 is 0. The molecule has 2 aromatic rings. The van der Waals surface area contributed by atoms with E-state index in [-0.39, 0.29) is 17.7 Å². The van der Waals surface area contributed by atoms with Gasteiger partial charge in [0.05, 0.1) is 17.1 Å². The smallest absolute Gasteiger partial charge is 0.235 e. The number of nitrogens with zero attached hydrogens (tertiary/aromatic N) is 3. The van der Waals surface area contributed by atoms with Gasteiger partial charge >= 0.3 is 0 Å². The molecule has 1 unspecified atom stereocenters. The molecule has 2 amide bonds. The molecule has 7 heteroatoms. The molecule has 1 aromatic heterocycles. The number of carbonyl (C=O) groups is 2. The highest BCUT2D eigenvalue weighted by Crippen LogP contribution is 2.35. The molecule has 3 heterocycles. The van der Waals surface area contributed by atoms with Gasteiger partial charge < -0.3 is 10.6 Å². The molecule has 1 atom stereocenters. The van der Waals surface area contributed by atoms with Crippen LogP contribution in [0.1, 0.15) is 74.5 Å². The Morgan fingerprint density at radius 2 is 1.81 bits per heavy atom. The first-order valence-electron chi connectivity index (χ1n) is 12.3. The van der Waals surface area contributed by atoms with E-state index in [1.807, 2.05) is 11.7 Å². The number of aryl methyl sites for hydroxylation is 1. The number of carbonyl (C=O) groups excluding carboxylic acids is 2. The van der Waals surface area contributed by atoms with Gasteiger partial charge in [0.2, 0.25) is 11.8 Å². The van der Waals surface area contributed by atoms with Crippen molar-refractivity contribution in [3.63, 3.8) is 0 Å². The number of amides is 2. The predicted molar refractivity (Wildman–Crippen MR) is 124 cm³/mol. The molecule has 2 aliphatic heterocycles. The van der Waals surface area contributed by atoms with Gasteiger partial charge in [0.25, 0.3) is 0 Å². The minimum Gasteiger partial charge on any atom is -0.328 e. The molecule has 3 N–H and O–H groups in total. The summed E-state index contributed by atoms with van der Waals surface area (Å²) in [5.74, 6) is 0.636. The van der Waals surface area contributed by atoms with E-state index in [4.69, 9.17) is 5.73 Å². The van der Waals surface area contributed by atoms with Crippen molar-refractivity contribution in [3.05, 3.63) is 29.5 Å². The number of fused-ring (bicyclic) bond motifs is 1. The summed E-state index contributed by atoms with van der Waals surface area (Å²) in [6, 6.07) is 7.05. The van der Waals surface area contributed by atoms with E-state index in [0.717, 1.165) is 35.6 Å². The standard InChI is InChI=1S/C25H35N5O2/c1-29-22-14-18(4-7-20(22)24(28-29)21-8-9-23(31)27-25(21)32)17-10-12-30(13-11-17)15-16-2-5-19(26)6-3-16/h4,7,14,16-17,19,21H,2-3,5-6,8-13,15,26H2,1H3,(H,27,31,32)/t16-,19-,21?. The van der Waals surface area contributed by atoms with Crippen LogP contribution in [0, 0.1) is 5.92 Å². The summed E-state index contributed by atoms with van der Waals surface area (Å²) in [6.45, 7) is 3.56. The van der Waals surface area contributed by atoms with E-state index < -0.39 is 0 Å². The van der Waals surface area contributed by atoms with Crippen LogP contribution >= 0.6 is 0 Å². The number of hydrogen-bond donors (Lipinski definition) is 2. The van der Waals surface area contributed by atoms with Crippen LogP contribution in [0.4, 0.5) is 0 Å². The highest BCUT2D eigenvalue weighted by molar-refractivity contribution is 6.02. The van der Waals surface area contributed by atoms with E-state index >= 15 is 0 Å². The Labute approximate surface area is 189 Å². The number of nitrogens with two attached hydrogens (primary N) is 1. The van der Waals surface area contributed by atoms with Crippen LogP contribution in [0.3, 0.4) is 0 Å². The second-order valence-corrected chi connectivity index (χ2v) is 10.1. The van der Waals surface area contributed by atoms with Crippen molar-refractivity contribution < 1.29 is 9.59 Å².